The number of hydrogen-bond acceptors (Lipinski definition) is 7. The first-order valence-corrected chi connectivity index (χ1v) is 11.6. The fraction of sp³-hybridized carbons (Fsp3) is 0.0370. The van der Waals surface area contributed by atoms with E-state index in [2.05, 4.69) is 4.98 Å². The Bertz CT molecular complexity index is 1690. The van der Waals surface area contributed by atoms with Crippen molar-refractivity contribution >= 4 is 68.6 Å². The van der Waals surface area contributed by atoms with Gasteiger partial charge in [0.1, 0.15) is 11.3 Å². The second kappa shape index (κ2) is 9.93. The summed E-state index contributed by atoms with van der Waals surface area (Å²) < 4.78 is 17.4. The Morgan fingerprint density at radius 2 is 1.78 bits per heavy atom. The fourth-order valence-electron chi connectivity index (χ4n) is 3.91. The number of rotatable bonds is 6. The molecule has 0 spiro atoms. The standard InChI is InChI=1S/C27H16Cl2N2O6/c1-35-23-10-8-17(25-19-11-16(31(33)34)7-9-22(19)36-26(23)25)24(12-18-20(28)13-30-14-21(18)29)37-27(32)15-5-3-2-4-6-15/h2-14H,1H3/b24-12-. The summed E-state index contributed by atoms with van der Waals surface area (Å²) in [6, 6.07) is 16.0. The van der Waals surface area contributed by atoms with E-state index in [1.807, 2.05) is 0 Å². The van der Waals surface area contributed by atoms with Gasteiger partial charge in [0, 0.05) is 46.4 Å². The molecule has 37 heavy (non-hydrogen) atoms. The van der Waals surface area contributed by atoms with E-state index in [1.165, 1.54) is 43.8 Å². The number of hydrogen-bond donors (Lipinski definition) is 0. The maximum absolute atomic E-state index is 13.1. The van der Waals surface area contributed by atoms with Gasteiger partial charge in [-0.25, -0.2) is 4.79 Å². The summed E-state index contributed by atoms with van der Waals surface area (Å²) in [7, 11) is 1.48. The highest BCUT2D eigenvalue weighted by Crippen LogP contribution is 2.42. The highest BCUT2D eigenvalue weighted by atomic mass is 35.5. The number of esters is 1. The van der Waals surface area contributed by atoms with Crippen LogP contribution >= 0.6 is 23.2 Å². The summed E-state index contributed by atoms with van der Waals surface area (Å²) in [6.07, 6.45) is 4.34. The van der Waals surface area contributed by atoms with Crippen LogP contribution in [0.2, 0.25) is 10.0 Å². The van der Waals surface area contributed by atoms with Crippen LogP contribution in [0.25, 0.3) is 33.8 Å². The average molecular weight is 535 g/mol. The second-order valence-electron chi connectivity index (χ2n) is 7.84. The zero-order valence-corrected chi connectivity index (χ0v) is 20.6. The summed E-state index contributed by atoms with van der Waals surface area (Å²) in [5.41, 5.74) is 1.68. The molecule has 0 bridgehead atoms. The van der Waals surface area contributed by atoms with Crippen LogP contribution in [0, 0.1) is 10.1 Å². The largest absolute Gasteiger partial charge is 0.493 e. The van der Waals surface area contributed by atoms with Crippen LogP contribution in [-0.2, 0) is 4.74 Å². The number of pyridine rings is 1. The number of nitrogens with zero attached hydrogens (tertiary/aromatic N) is 2. The molecule has 0 N–H and O–H groups in total. The molecular formula is C27H16Cl2N2O6. The molecule has 184 valence electrons. The Kier molecular flexibility index (Phi) is 6.52. The number of methoxy groups -OCH3 is 1. The predicted molar refractivity (Wildman–Crippen MR) is 141 cm³/mol. The van der Waals surface area contributed by atoms with Crippen LogP contribution in [-0.4, -0.2) is 23.0 Å². The normalized spacial score (nSPS) is 11.6. The molecule has 5 aromatic rings. The molecule has 2 aromatic heterocycles. The van der Waals surface area contributed by atoms with E-state index in [-0.39, 0.29) is 21.5 Å². The Morgan fingerprint density at radius 1 is 1.05 bits per heavy atom. The van der Waals surface area contributed by atoms with Crippen molar-refractivity contribution in [3.05, 3.63) is 110 Å². The maximum atomic E-state index is 13.1. The molecule has 8 nitrogen and oxygen atoms in total. The van der Waals surface area contributed by atoms with Gasteiger partial charge in [0.25, 0.3) is 5.69 Å². The number of furan rings is 1. The van der Waals surface area contributed by atoms with Gasteiger partial charge in [-0.3, -0.25) is 15.1 Å². The molecular weight excluding hydrogens is 519 g/mol. The SMILES string of the molecule is COc1ccc(/C(=C/c2c(Cl)cncc2Cl)OC(=O)c2ccccc2)c2c1oc1ccc([N+](=O)[O-])cc12. The Balaban J connectivity index is 1.80. The first-order valence-electron chi connectivity index (χ1n) is 10.8. The van der Waals surface area contributed by atoms with Gasteiger partial charge >= 0.3 is 5.97 Å². The number of nitro benzene ring substituents is 1. The van der Waals surface area contributed by atoms with Crippen LogP contribution in [0.15, 0.2) is 77.5 Å². The highest BCUT2D eigenvalue weighted by molar-refractivity contribution is 6.37. The van der Waals surface area contributed by atoms with Crippen LogP contribution in [0.1, 0.15) is 21.5 Å². The van der Waals surface area contributed by atoms with Crippen LogP contribution in [0.5, 0.6) is 5.75 Å². The van der Waals surface area contributed by atoms with Gasteiger partial charge in [-0.15, -0.1) is 0 Å². The van der Waals surface area contributed by atoms with Crippen molar-refractivity contribution < 1.29 is 23.6 Å². The molecule has 5 rings (SSSR count). The average Bonchev–Trinajstić information content (AvgIpc) is 3.29. The maximum Gasteiger partial charge on any atom is 0.343 e. The summed E-state index contributed by atoms with van der Waals surface area (Å²) in [4.78, 5) is 28.1. The number of halogens is 2. The summed E-state index contributed by atoms with van der Waals surface area (Å²) in [6.45, 7) is 0. The van der Waals surface area contributed by atoms with Gasteiger partial charge < -0.3 is 13.9 Å². The van der Waals surface area contributed by atoms with Crippen LogP contribution < -0.4 is 4.74 Å². The summed E-state index contributed by atoms with van der Waals surface area (Å²) in [5.74, 6) is -0.145. The van der Waals surface area contributed by atoms with E-state index >= 15 is 0 Å². The summed E-state index contributed by atoms with van der Waals surface area (Å²) in [5, 5.41) is 12.9. The molecule has 0 saturated carbocycles. The van der Waals surface area contributed by atoms with E-state index in [9.17, 15) is 14.9 Å². The van der Waals surface area contributed by atoms with Crippen molar-refractivity contribution in [3.8, 4) is 5.75 Å². The Labute approximate surface area is 219 Å². The first kappa shape index (κ1) is 24.3. The lowest BCUT2D eigenvalue weighted by Crippen LogP contribution is -2.05. The van der Waals surface area contributed by atoms with Gasteiger partial charge in [0.15, 0.2) is 11.3 Å². The fourth-order valence-corrected chi connectivity index (χ4v) is 4.38. The smallest absolute Gasteiger partial charge is 0.343 e. The molecule has 0 atom stereocenters. The van der Waals surface area contributed by atoms with Gasteiger partial charge in [-0.1, -0.05) is 41.4 Å². The topological polar surface area (TPSA) is 105 Å². The lowest BCUT2D eigenvalue weighted by Gasteiger charge is -2.13. The number of benzene rings is 3. The van der Waals surface area contributed by atoms with Gasteiger partial charge in [0.05, 0.1) is 27.6 Å². The lowest BCUT2D eigenvalue weighted by molar-refractivity contribution is -0.384. The van der Waals surface area contributed by atoms with E-state index < -0.39 is 10.9 Å². The molecule has 2 heterocycles. The Morgan fingerprint density at radius 3 is 2.46 bits per heavy atom. The third-order valence-electron chi connectivity index (χ3n) is 5.64. The van der Waals surface area contributed by atoms with Gasteiger partial charge in [0.2, 0.25) is 0 Å². The molecule has 10 heteroatoms. The molecule has 3 aromatic carbocycles. The predicted octanol–water partition coefficient (Wildman–Crippen LogP) is 7.56. The number of carbonyl (C=O) groups is 1. The van der Waals surface area contributed by atoms with Crippen LogP contribution in [0.4, 0.5) is 5.69 Å². The van der Waals surface area contributed by atoms with E-state index in [1.54, 1.807) is 42.5 Å². The van der Waals surface area contributed by atoms with Crippen molar-refractivity contribution in [3.63, 3.8) is 0 Å². The van der Waals surface area contributed by atoms with Crippen molar-refractivity contribution in [1.82, 2.24) is 4.98 Å². The second-order valence-corrected chi connectivity index (χ2v) is 8.65. The molecule has 0 aliphatic heterocycles. The molecule has 0 amide bonds. The first-order chi connectivity index (χ1) is 17.9. The lowest BCUT2D eigenvalue weighted by atomic mass is 10.0. The van der Waals surface area contributed by atoms with E-state index in [0.29, 0.717) is 44.4 Å². The minimum Gasteiger partial charge on any atom is -0.493 e. The van der Waals surface area contributed by atoms with Crippen molar-refractivity contribution in [1.29, 1.82) is 0 Å². The number of fused-ring (bicyclic) bond motifs is 3. The number of carbonyl (C=O) groups excluding carboxylic acids is 1. The minimum atomic E-state index is -0.629. The number of nitro groups is 1. The number of non-ortho nitro benzene ring substituents is 1. The quantitative estimate of drug-likeness (QED) is 0.0956. The molecule has 0 aliphatic carbocycles. The van der Waals surface area contributed by atoms with Gasteiger partial charge in [-0.2, -0.15) is 0 Å². The molecule has 0 unspecified atom stereocenters. The van der Waals surface area contributed by atoms with Crippen molar-refractivity contribution in [2.24, 2.45) is 0 Å². The van der Waals surface area contributed by atoms with Crippen molar-refractivity contribution in [2.45, 2.75) is 0 Å². The molecule has 0 fully saturated rings. The zero-order chi connectivity index (χ0) is 26.1. The molecule has 0 aliphatic rings. The van der Waals surface area contributed by atoms with Crippen LogP contribution in [0.3, 0.4) is 0 Å². The van der Waals surface area contributed by atoms with E-state index in [4.69, 9.17) is 37.1 Å². The van der Waals surface area contributed by atoms with Crippen molar-refractivity contribution in [2.75, 3.05) is 7.11 Å². The monoisotopic (exact) mass is 534 g/mol. The molecule has 0 radical (unpaired) electrons. The highest BCUT2D eigenvalue weighted by Gasteiger charge is 2.23. The Hall–Kier alpha value is -4.40. The summed E-state index contributed by atoms with van der Waals surface area (Å²) >= 11 is 12.7. The minimum absolute atomic E-state index is 0.0886. The molecule has 0 saturated heterocycles. The van der Waals surface area contributed by atoms with Gasteiger partial charge in [-0.05, 0) is 36.4 Å². The van der Waals surface area contributed by atoms with E-state index in [0.717, 1.165) is 0 Å². The third kappa shape index (κ3) is 4.60. The number of ether oxygens (including phenoxy) is 2. The zero-order valence-electron chi connectivity index (χ0n) is 19.1. The number of aromatic nitrogens is 1. The third-order valence-corrected chi connectivity index (χ3v) is 6.24.